The molecule has 0 radical (unpaired) electrons. The molecule has 1 rings (SSSR count). The molecule has 0 aliphatic rings. The van der Waals surface area contributed by atoms with Gasteiger partial charge in [-0.05, 0) is 36.2 Å². The van der Waals surface area contributed by atoms with Gasteiger partial charge in [-0.15, -0.1) is 0 Å². The summed E-state index contributed by atoms with van der Waals surface area (Å²) in [5, 5.41) is 12.9. The van der Waals surface area contributed by atoms with Crippen LogP contribution in [0.4, 0.5) is 0 Å². The van der Waals surface area contributed by atoms with Crippen molar-refractivity contribution in [2.75, 3.05) is 6.61 Å². The lowest BCUT2D eigenvalue weighted by atomic mass is 10.4. The zero-order valence-electron chi connectivity index (χ0n) is 7.34. The van der Waals surface area contributed by atoms with Gasteiger partial charge in [0.15, 0.2) is 0 Å². The number of hydrogen-bond donors (Lipinski definition) is 1. The second-order valence-corrected chi connectivity index (χ2v) is 3.58. The van der Waals surface area contributed by atoms with Crippen molar-refractivity contribution in [1.29, 1.82) is 0 Å². The maximum Gasteiger partial charge on any atom is 0.0738 e. The molecule has 3 nitrogen and oxygen atoms in total. The Morgan fingerprint density at radius 2 is 2.17 bits per heavy atom. The molecule has 0 unspecified atom stereocenters. The quantitative estimate of drug-likeness (QED) is 0.861. The number of halogens is 1. The second-order valence-electron chi connectivity index (χ2n) is 2.79. The van der Waals surface area contributed by atoms with Crippen LogP contribution in [0.15, 0.2) is 4.47 Å². The summed E-state index contributed by atoms with van der Waals surface area (Å²) in [7, 11) is 0. The van der Waals surface area contributed by atoms with Gasteiger partial charge >= 0.3 is 0 Å². The van der Waals surface area contributed by atoms with Crippen molar-refractivity contribution in [3.05, 3.63) is 15.9 Å². The van der Waals surface area contributed by atoms with Gasteiger partial charge in [0.25, 0.3) is 0 Å². The van der Waals surface area contributed by atoms with Gasteiger partial charge in [-0.25, -0.2) is 0 Å². The van der Waals surface area contributed by atoms with E-state index in [9.17, 15) is 0 Å². The smallest absolute Gasteiger partial charge is 0.0738 e. The molecule has 4 heteroatoms. The summed E-state index contributed by atoms with van der Waals surface area (Å²) in [4.78, 5) is 0. The van der Waals surface area contributed by atoms with Crippen LogP contribution in [0.3, 0.4) is 0 Å². The van der Waals surface area contributed by atoms with Gasteiger partial charge in [-0.1, -0.05) is 0 Å². The summed E-state index contributed by atoms with van der Waals surface area (Å²) >= 11 is 3.45. The fourth-order valence-corrected chi connectivity index (χ4v) is 1.40. The minimum atomic E-state index is 0.218. The molecule has 1 aromatic heterocycles. The van der Waals surface area contributed by atoms with Gasteiger partial charge in [0, 0.05) is 18.8 Å². The molecule has 1 aromatic rings. The third kappa shape index (κ3) is 1.87. The second kappa shape index (κ2) is 4.05. The maximum atomic E-state index is 8.64. The molecule has 1 heterocycles. The molecule has 0 aliphatic heterocycles. The van der Waals surface area contributed by atoms with Crippen LogP contribution in [0.1, 0.15) is 17.8 Å². The third-order valence-corrected chi connectivity index (χ3v) is 2.97. The molecule has 1 N–H and O–H groups in total. The molecule has 0 saturated carbocycles. The Balaban J connectivity index is 2.79. The molecular weight excluding hydrogens is 220 g/mol. The zero-order chi connectivity index (χ0) is 9.14. The lowest BCUT2D eigenvalue weighted by molar-refractivity contribution is 0.276. The zero-order valence-corrected chi connectivity index (χ0v) is 8.93. The molecule has 12 heavy (non-hydrogen) atoms. The lowest BCUT2D eigenvalue weighted by Crippen LogP contribution is -2.03. The number of aromatic nitrogens is 2. The number of hydrogen-bond acceptors (Lipinski definition) is 2. The predicted molar refractivity (Wildman–Crippen MR) is 51.1 cm³/mol. The molecule has 0 amide bonds. The van der Waals surface area contributed by atoms with Gasteiger partial charge < -0.3 is 5.11 Å². The van der Waals surface area contributed by atoms with E-state index in [1.54, 1.807) is 0 Å². The maximum absolute atomic E-state index is 8.64. The minimum Gasteiger partial charge on any atom is -0.396 e. The average Bonchev–Trinajstić information content (AvgIpc) is 2.30. The van der Waals surface area contributed by atoms with Crippen LogP contribution in [0.25, 0.3) is 0 Å². The standard InChI is InChI=1S/C8H13BrN2O/c1-6-8(9)7(2)11(10-6)4-3-5-12/h12H,3-5H2,1-2H3. The Hall–Kier alpha value is -0.350. The molecule has 0 saturated heterocycles. The summed E-state index contributed by atoms with van der Waals surface area (Å²) in [5.74, 6) is 0. The van der Waals surface area contributed by atoms with E-state index in [4.69, 9.17) is 5.11 Å². The van der Waals surface area contributed by atoms with E-state index >= 15 is 0 Å². The minimum absolute atomic E-state index is 0.218. The van der Waals surface area contributed by atoms with Gasteiger partial charge in [-0.2, -0.15) is 5.10 Å². The Morgan fingerprint density at radius 3 is 2.58 bits per heavy atom. The van der Waals surface area contributed by atoms with E-state index in [1.165, 1.54) is 0 Å². The largest absolute Gasteiger partial charge is 0.396 e. The first-order valence-corrected chi connectivity index (χ1v) is 4.76. The highest BCUT2D eigenvalue weighted by atomic mass is 79.9. The first-order chi connectivity index (χ1) is 5.66. The number of aryl methyl sites for hydroxylation is 2. The first-order valence-electron chi connectivity index (χ1n) is 3.97. The van der Waals surface area contributed by atoms with Gasteiger partial charge in [0.05, 0.1) is 10.2 Å². The van der Waals surface area contributed by atoms with E-state index in [0.717, 1.165) is 28.8 Å². The molecule has 0 bridgehead atoms. The van der Waals surface area contributed by atoms with Gasteiger partial charge in [0.1, 0.15) is 0 Å². The first kappa shape index (κ1) is 9.74. The Bertz CT molecular complexity index is 270. The fraction of sp³-hybridized carbons (Fsp3) is 0.625. The van der Waals surface area contributed by atoms with Crippen molar-refractivity contribution in [2.24, 2.45) is 0 Å². The molecular formula is C8H13BrN2O. The topological polar surface area (TPSA) is 38.0 Å². The number of nitrogens with zero attached hydrogens (tertiary/aromatic N) is 2. The summed E-state index contributed by atoms with van der Waals surface area (Å²) in [6.45, 7) is 4.98. The van der Waals surface area contributed by atoms with Crippen LogP contribution >= 0.6 is 15.9 Å². The van der Waals surface area contributed by atoms with E-state index in [2.05, 4.69) is 21.0 Å². The Morgan fingerprint density at radius 1 is 1.50 bits per heavy atom. The summed E-state index contributed by atoms with van der Waals surface area (Å²) < 4.78 is 2.98. The highest BCUT2D eigenvalue weighted by molar-refractivity contribution is 9.10. The predicted octanol–water partition coefficient (Wildman–Crippen LogP) is 1.64. The van der Waals surface area contributed by atoms with Crippen LogP contribution in [0.5, 0.6) is 0 Å². The Kier molecular flexibility index (Phi) is 3.29. The van der Waals surface area contributed by atoms with E-state index < -0.39 is 0 Å². The van der Waals surface area contributed by atoms with Crippen LogP contribution in [-0.4, -0.2) is 21.5 Å². The molecule has 0 fully saturated rings. The fourth-order valence-electron chi connectivity index (χ4n) is 1.11. The molecule has 68 valence electrons. The van der Waals surface area contributed by atoms with Crippen LogP contribution in [0, 0.1) is 13.8 Å². The summed E-state index contributed by atoms with van der Waals surface area (Å²) in [6, 6.07) is 0. The van der Waals surface area contributed by atoms with E-state index in [1.807, 2.05) is 18.5 Å². The van der Waals surface area contributed by atoms with Crippen molar-refractivity contribution in [3.8, 4) is 0 Å². The number of rotatable bonds is 3. The highest BCUT2D eigenvalue weighted by Crippen LogP contribution is 2.19. The van der Waals surface area contributed by atoms with Crippen molar-refractivity contribution in [1.82, 2.24) is 9.78 Å². The van der Waals surface area contributed by atoms with E-state index in [-0.39, 0.29) is 6.61 Å². The third-order valence-electron chi connectivity index (χ3n) is 1.82. The van der Waals surface area contributed by atoms with E-state index in [0.29, 0.717) is 0 Å². The highest BCUT2D eigenvalue weighted by Gasteiger charge is 2.07. The number of aliphatic hydroxyl groups is 1. The van der Waals surface area contributed by atoms with Crippen LogP contribution in [-0.2, 0) is 6.54 Å². The SMILES string of the molecule is Cc1nn(CCCO)c(C)c1Br. The molecule has 0 aliphatic carbocycles. The Labute approximate surface area is 80.5 Å². The summed E-state index contributed by atoms with van der Waals surface area (Å²) in [6.07, 6.45) is 0.758. The molecule has 0 spiro atoms. The average molecular weight is 233 g/mol. The van der Waals surface area contributed by atoms with Crippen LogP contribution in [0.2, 0.25) is 0 Å². The van der Waals surface area contributed by atoms with Gasteiger partial charge in [0.2, 0.25) is 0 Å². The molecule has 0 atom stereocenters. The number of aliphatic hydroxyl groups excluding tert-OH is 1. The molecule has 0 aromatic carbocycles. The van der Waals surface area contributed by atoms with Crippen LogP contribution < -0.4 is 0 Å². The van der Waals surface area contributed by atoms with Crippen molar-refractivity contribution < 1.29 is 5.11 Å². The van der Waals surface area contributed by atoms with Crippen molar-refractivity contribution in [3.63, 3.8) is 0 Å². The monoisotopic (exact) mass is 232 g/mol. The van der Waals surface area contributed by atoms with Crippen molar-refractivity contribution >= 4 is 15.9 Å². The van der Waals surface area contributed by atoms with Gasteiger partial charge in [-0.3, -0.25) is 4.68 Å². The lowest BCUT2D eigenvalue weighted by Gasteiger charge is -2.01. The van der Waals surface area contributed by atoms with Crippen molar-refractivity contribution in [2.45, 2.75) is 26.8 Å². The summed E-state index contributed by atoms with van der Waals surface area (Å²) in [5.41, 5.74) is 2.13. The normalized spacial score (nSPS) is 10.7.